The van der Waals surface area contributed by atoms with E-state index in [2.05, 4.69) is 39.5 Å². The molecule has 1 fully saturated rings. The van der Waals surface area contributed by atoms with Crippen LogP contribution in [0.5, 0.6) is 0 Å². The van der Waals surface area contributed by atoms with Crippen LogP contribution in [0.2, 0.25) is 0 Å². The van der Waals surface area contributed by atoms with Gasteiger partial charge in [-0.2, -0.15) is 0 Å². The first-order valence-corrected chi connectivity index (χ1v) is 5.87. The lowest BCUT2D eigenvalue weighted by Crippen LogP contribution is -2.40. The summed E-state index contributed by atoms with van der Waals surface area (Å²) < 4.78 is 2.15. The maximum atomic E-state index is 4.21. The molecule has 17 heavy (non-hydrogen) atoms. The van der Waals surface area contributed by atoms with Crippen molar-refractivity contribution in [3.05, 3.63) is 24.5 Å². The fourth-order valence-electron chi connectivity index (χ4n) is 1.72. The average Bonchev–Trinajstić information content (AvgIpc) is 2.79. The Morgan fingerprint density at radius 1 is 1.41 bits per heavy atom. The van der Waals surface area contributed by atoms with Crippen LogP contribution in [0, 0.1) is 5.92 Å². The minimum Gasteiger partial charge on any atom is -0.355 e. The molecular formula is C12H21IN4. The van der Waals surface area contributed by atoms with Crippen molar-refractivity contribution in [1.29, 1.82) is 0 Å². The van der Waals surface area contributed by atoms with Crippen LogP contribution in [0.15, 0.2) is 29.5 Å². The third-order valence-corrected chi connectivity index (χ3v) is 2.98. The Bertz CT molecular complexity index is 347. The number of rotatable bonds is 4. The third-order valence-electron chi connectivity index (χ3n) is 2.98. The van der Waals surface area contributed by atoms with Crippen molar-refractivity contribution in [2.24, 2.45) is 10.9 Å². The van der Waals surface area contributed by atoms with Crippen LogP contribution in [-0.4, -0.2) is 30.2 Å². The lowest BCUT2D eigenvalue weighted by Gasteiger charge is -2.11. The number of nitrogens with one attached hydrogen (secondary N) is 2. The highest BCUT2D eigenvalue weighted by Crippen LogP contribution is 2.28. The van der Waals surface area contributed by atoms with E-state index in [9.17, 15) is 0 Å². The van der Waals surface area contributed by atoms with Crippen molar-refractivity contribution in [3.8, 4) is 0 Å². The summed E-state index contributed by atoms with van der Waals surface area (Å²) in [6.45, 7) is 4.12. The van der Waals surface area contributed by atoms with Gasteiger partial charge in [-0.3, -0.25) is 4.99 Å². The van der Waals surface area contributed by atoms with Crippen LogP contribution in [0.1, 0.15) is 13.3 Å². The monoisotopic (exact) mass is 348 g/mol. The summed E-state index contributed by atoms with van der Waals surface area (Å²) in [5, 5.41) is 6.72. The molecule has 2 rings (SSSR count). The summed E-state index contributed by atoms with van der Waals surface area (Å²) in [5.74, 6) is 1.71. The van der Waals surface area contributed by atoms with Crippen molar-refractivity contribution < 1.29 is 0 Å². The maximum absolute atomic E-state index is 4.21. The van der Waals surface area contributed by atoms with E-state index in [-0.39, 0.29) is 24.0 Å². The molecule has 0 aliphatic heterocycles. The molecule has 2 unspecified atom stereocenters. The second-order valence-corrected chi connectivity index (χ2v) is 4.38. The van der Waals surface area contributed by atoms with Crippen molar-refractivity contribution in [1.82, 2.24) is 15.2 Å². The first-order chi connectivity index (χ1) is 7.79. The van der Waals surface area contributed by atoms with Gasteiger partial charge in [0.2, 0.25) is 0 Å². The third kappa shape index (κ3) is 4.57. The summed E-state index contributed by atoms with van der Waals surface area (Å²) in [4.78, 5) is 4.21. The average molecular weight is 348 g/mol. The zero-order chi connectivity index (χ0) is 11.4. The lowest BCUT2D eigenvalue weighted by atomic mass is 10.5. The molecule has 0 radical (unpaired) electrons. The van der Waals surface area contributed by atoms with E-state index >= 15 is 0 Å². The summed E-state index contributed by atoms with van der Waals surface area (Å²) >= 11 is 0. The Morgan fingerprint density at radius 3 is 2.59 bits per heavy atom. The van der Waals surface area contributed by atoms with Gasteiger partial charge in [0.1, 0.15) is 0 Å². The zero-order valence-corrected chi connectivity index (χ0v) is 12.7. The molecule has 0 amide bonds. The molecule has 96 valence electrons. The Hall–Kier alpha value is -0.720. The molecule has 0 saturated heterocycles. The van der Waals surface area contributed by atoms with Crippen molar-refractivity contribution >= 4 is 29.9 Å². The van der Waals surface area contributed by atoms with Gasteiger partial charge in [0.05, 0.1) is 0 Å². The van der Waals surface area contributed by atoms with E-state index in [0.29, 0.717) is 6.04 Å². The predicted octanol–water partition coefficient (Wildman–Crippen LogP) is 1.68. The molecule has 5 heteroatoms. The van der Waals surface area contributed by atoms with Crippen LogP contribution >= 0.6 is 24.0 Å². The van der Waals surface area contributed by atoms with Gasteiger partial charge >= 0.3 is 0 Å². The standard InChI is InChI=1S/C12H20N4.HI/c1-10-9-11(10)15-12(13-2)14-5-8-16-6-3-4-7-16;/h3-4,6-7,10-11H,5,8-9H2,1-2H3,(H2,13,14,15);1H. The van der Waals surface area contributed by atoms with Crippen molar-refractivity contribution in [3.63, 3.8) is 0 Å². The molecular weight excluding hydrogens is 327 g/mol. The predicted molar refractivity (Wildman–Crippen MR) is 81.9 cm³/mol. The second kappa shape index (κ2) is 6.88. The minimum atomic E-state index is 0. The quantitative estimate of drug-likeness (QED) is 0.494. The van der Waals surface area contributed by atoms with E-state index in [1.165, 1.54) is 6.42 Å². The number of aromatic nitrogens is 1. The second-order valence-electron chi connectivity index (χ2n) is 4.38. The van der Waals surface area contributed by atoms with Gasteiger partial charge in [0.15, 0.2) is 5.96 Å². The van der Waals surface area contributed by atoms with Gasteiger partial charge in [-0.05, 0) is 24.5 Å². The molecule has 0 aromatic carbocycles. The first kappa shape index (κ1) is 14.3. The Labute approximate surface area is 120 Å². The van der Waals surface area contributed by atoms with Crippen LogP contribution in [0.4, 0.5) is 0 Å². The summed E-state index contributed by atoms with van der Waals surface area (Å²) in [5.41, 5.74) is 0. The molecule has 2 atom stereocenters. The maximum Gasteiger partial charge on any atom is 0.191 e. The largest absolute Gasteiger partial charge is 0.355 e. The number of halogens is 1. The SMILES string of the molecule is CN=C(NCCn1cccc1)NC1CC1C.I. The highest BCUT2D eigenvalue weighted by Gasteiger charge is 2.32. The van der Waals surface area contributed by atoms with Crippen LogP contribution in [-0.2, 0) is 6.54 Å². The smallest absolute Gasteiger partial charge is 0.191 e. The van der Waals surface area contributed by atoms with Crippen molar-refractivity contribution in [2.45, 2.75) is 25.9 Å². The first-order valence-electron chi connectivity index (χ1n) is 5.87. The number of nitrogens with zero attached hydrogens (tertiary/aromatic N) is 2. The van der Waals surface area contributed by atoms with Crippen LogP contribution in [0.25, 0.3) is 0 Å². The molecule has 1 aromatic rings. The van der Waals surface area contributed by atoms with E-state index in [1.54, 1.807) is 0 Å². The normalized spacial score (nSPS) is 22.8. The van der Waals surface area contributed by atoms with Gasteiger partial charge < -0.3 is 15.2 Å². The zero-order valence-electron chi connectivity index (χ0n) is 10.4. The molecule has 2 N–H and O–H groups in total. The van der Waals surface area contributed by atoms with Crippen LogP contribution in [0.3, 0.4) is 0 Å². The number of guanidine groups is 1. The summed E-state index contributed by atoms with van der Waals surface area (Å²) in [7, 11) is 1.82. The summed E-state index contributed by atoms with van der Waals surface area (Å²) in [6, 6.07) is 4.70. The highest BCUT2D eigenvalue weighted by atomic mass is 127. The van der Waals surface area contributed by atoms with Crippen LogP contribution < -0.4 is 10.6 Å². The van der Waals surface area contributed by atoms with E-state index in [0.717, 1.165) is 25.0 Å². The van der Waals surface area contributed by atoms with Crippen molar-refractivity contribution in [2.75, 3.05) is 13.6 Å². The molecule has 0 bridgehead atoms. The van der Waals surface area contributed by atoms with E-state index < -0.39 is 0 Å². The van der Waals surface area contributed by atoms with Gasteiger partial charge in [-0.15, -0.1) is 24.0 Å². The Kier molecular flexibility index (Phi) is 5.80. The van der Waals surface area contributed by atoms with E-state index in [1.807, 2.05) is 19.2 Å². The number of aliphatic imine (C=N–C) groups is 1. The van der Waals surface area contributed by atoms with Gasteiger partial charge in [0.25, 0.3) is 0 Å². The Balaban J connectivity index is 0.00000144. The Morgan fingerprint density at radius 2 is 2.06 bits per heavy atom. The van der Waals surface area contributed by atoms with Gasteiger partial charge in [-0.25, -0.2) is 0 Å². The molecule has 1 aromatic heterocycles. The van der Waals surface area contributed by atoms with Gasteiger partial charge in [0, 0.05) is 38.6 Å². The fourth-order valence-corrected chi connectivity index (χ4v) is 1.72. The topological polar surface area (TPSA) is 41.4 Å². The number of hydrogen-bond acceptors (Lipinski definition) is 1. The highest BCUT2D eigenvalue weighted by molar-refractivity contribution is 14.0. The van der Waals surface area contributed by atoms with E-state index in [4.69, 9.17) is 0 Å². The molecule has 1 heterocycles. The minimum absolute atomic E-state index is 0. The fraction of sp³-hybridized carbons (Fsp3) is 0.583. The number of hydrogen-bond donors (Lipinski definition) is 2. The summed E-state index contributed by atoms with van der Waals surface area (Å²) in [6.07, 6.45) is 5.40. The molecule has 1 aliphatic carbocycles. The molecule has 1 saturated carbocycles. The lowest BCUT2D eigenvalue weighted by molar-refractivity contribution is 0.661. The van der Waals surface area contributed by atoms with Gasteiger partial charge in [-0.1, -0.05) is 6.92 Å². The molecule has 1 aliphatic rings. The molecule has 4 nitrogen and oxygen atoms in total. The molecule has 0 spiro atoms.